The number of guanidine groups is 1. The summed E-state index contributed by atoms with van der Waals surface area (Å²) in [5.74, 6) is 1.55. The van der Waals surface area contributed by atoms with Crippen LogP contribution in [0, 0.1) is 5.92 Å². The van der Waals surface area contributed by atoms with Gasteiger partial charge in [0, 0.05) is 66.6 Å². The zero-order valence-corrected chi connectivity index (χ0v) is 19.5. The first-order valence-electron chi connectivity index (χ1n) is 9.47. The van der Waals surface area contributed by atoms with Crippen LogP contribution >= 0.6 is 24.0 Å². The minimum absolute atomic E-state index is 0. The highest BCUT2D eigenvalue weighted by molar-refractivity contribution is 14.0. The average molecular weight is 483 g/mol. The third kappa shape index (κ3) is 10.5. The molecule has 0 aromatic heterocycles. The highest BCUT2D eigenvalue weighted by Gasteiger charge is 2.20. The molecule has 0 unspecified atom stereocenters. The first-order chi connectivity index (χ1) is 11.9. The van der Waals surface area contributed by atoms with E-state index >= 15 is 0 Å². The first kappa shape index (κ1) is 25.4. The van der Waals surface area contributed by atoms with Crippen molar-refractivity contribution in [3.63, 3.8) is 0 Å². The molecular formula is C18H38IN5O2. The Morgan fingerprint density at radius 2 is 1.88 bits per heavy atom. The van der Waals surface area contributed by atoms with Crippen LogP contribution in [0.4, 0.5) is 0 Å². The Kier molecular flexibility index (Phi) is 14.1. The van der Waals surface area contributed by atoms with Crippen molar-refractivity contribution in [3.05, 3.63) is 0 Å². The molecule has 0 spiro atoms. The van der Waals surface area contributed by atoms with E-state index in [9.17, 15) is 4.79 Å². The van der Waals surface area contributed by atoms with Crippen molar-refractivity contribution in [2.75, 3.05) is 73.1 Å². The summed E-state index contributed by atoms with van der Waals surface area (Å²) < 4.78 is 5.38. The number of likely N-dealkylation sites (N-methyl/N-ethyl adjacent to an activating group) is 1. The fourth-order valence-corrected chi connectivity index (χ4v) is 2.73. The van der Waals surface area contributed by atoms with Gasteiger partial charge in [0.05, 0.1) is 0 Å². The van der Waals surface area contributed by atoms with E-state index in [1.165, 1.54) is 0 Å². The number of aliphatic imine (C=N–C) groups is 1. The van der Waals surface area contributed by atoms with Gasteiger partial charge in [-0.1, -0.05) is 13.8 Å². The molecular weight excluding hydrogens is 445 g/mol. The van der Waals surface area contributed by atoms with Crippen molar-refractivity contribution < 1.29 is 9.53 Å². The van der Waals surface area contributed by atoms with Gasteiger partial charge < -0.3 is 19.9 Å². The number of hydrogen-bond donors (Lipinski definition) is 1. The topological polar surface area (TPSA) is 60.4 Å². The second-order valence-electron chi connectivity index (χ2n) is 7.09. The summed E-state index contributed by atoms with van der Waals surface area (Å²) in [5, 5.41) is 3.40. The fourth-order valence-electron chi connectivity index (χ4n) is 2.73. The number of rotatable bonds is 9. The Labute approximate surface area is 176 Å². The van der Waals surface area contributed by atoms with Crippen LogP contribution in [-0.4, -0.2) is 99.7 Å². The van der Waals surface area contributed by atoms with Crippen molar-refractivity contribution >= 4 is 35.8 Å². The van der Waals surface area contributed by atoms with E-state index in [-0.39, 0.29) is 36.4 Å². The molecule has 154 valence electrons. The quantitative estimate of drug-likeness (QED) is 0.232. The van der Waals surface area contributed by atoms with E-state index in [1.54, 1.807) is 19.0 Å². The number of hydrogen-bond acceptors (Lipinski definition) is 4. The number of amides is 1. The van der Waals surface area contributed by atoms with Crippen LogP contribution in [0.5, 0.6) is 0 Å². The summed E-state index contributed by atoms with van der Waals surface area (Å²) in [4.78, 5) is 22.8. The highest BCUT2D eigenvalue weighted by atomic mass is 127. The summed E-state index contributed by atoms with van der Waals surface area (Å²) in [6.07, 6.45) is 0.932. The zero-order valence-electron chi connectivity index (χ0n) is 17.2. The predicted molar refractivity (Wildman–Crippen MR) is 118 cm³/mol. The molecule has 0 aromatic rings. The molecule has 1 rings (SSSR count). The maximum atomic E-state index is 11.9. The largest absolute Gasteiger partial charge is 0.382 e. The van der Waals surface area contributed by atoms with E-state index in [0.29, 0.717) is 5.92 Å². The summed E-state index contributed by atoms with van der Waals surface area (Å²) in [6.45, 7) is 14.1. The Balaban J connectivity index is 0.00000625. The van der Waals surface area contributed by atoms with Gasteiger partial charge in [0.25, 0.3) is 0 Å². The number of nitrogens with zero attached hydrogens (tertiary/aromatic N) is 4. The van der Waals surface area contributed by atoms with Gasteiger partial charge in [-0.25, -0.2) is 4.99 Å². The zero-order chi connectivity index (χ0) is 18.7. The van der Waals surface area contributed by atoms with Crippen molar-refractivity contribution in [2.45, 2.75) is 27.2 Å². The molecule has 8 heteroatoms. The predicted octanol–water partition coefficient (Wildman–Crippen LogP) is 1.34. The van der Waals surface area contributed by atoms with Crippen LogP contribution in [-0.2, 0) is 9.53 Å². The van der Waals surface area contributed by atoms with E-state index in [4.69, 9.17) is 4.74 Å². The Bertz CT molecular complexity index is 410. The second kappa shape index (κ2) is 14.4. The molecule has 0 saturated carbocycles. The molecule has 0 aromatic carbocycles. The molecule has 1 saturated heterocycles. The minimum Gasteiger partial charge on any atom is -0.382 e. The molecule has 1 N–H and O–H groups in total. The Morgan fingerprint density at radius 1 is 1.23 bits per heavy atom. The van der Waals surface area contributed by atoms with Crippen LogP contribution in [0.15, 0.2) is 4.99 Å². The fraction of sp³-hybridized carbons (Fsp3) is 0.889. The van der Waals surface area contributed by atoms with Gasteiger partial charge in [0.15, 0.2) is 5.96 Å². The van der Waals surface area contributed by atoms with Crippen LogP contribution < -0.4 is 5.32 Å². The number of nitrogens with one attached hydrogen (secondary N) is 1. The second-order valence-corrected chi connectivity index (χ2v) is 7.09. The third-order valence-electron chi connectivity index (χ3n) is 4.11. The molecule has 1 heterocycles. The molecule has 26 heavy (non-hydrogen) atoms. The lowest BCUT2D eigenvalue weighted by Crippen LogP contribution is -2.53. The normalized spacial score (nSPS) is 15.8. The molecule has 1 fully saturated rings. The summed E-state index contributed by atoms with van der Waals surface area (Å²) >= 11 is 0. The van der Waals surface area contributed by atoms with Crippen LogP contribution in [0.25, 0.3) is 0 Å². The Morgan fingerprint density at radius 3 is 2.42 bits per heavy atom. The number of piperazine rings is 1. The van der Waals surface area contributed by atoms with Crippen molar-refractivity contribution in [1.82, 2.24) is 20.0 Å². The van der Waals surface area contributed by atoms with Crippen LogP contribution in [0.2, 0.25) is 0 Å². The average Bonchev–Trinajstić information content (AvgIpc) is 2.57. The van der Waals surface area contributed by atoms with Gasteiger partial charge in [-0.15, -0.1) is 24.0 Å². The molecule has 0 aliphatic carbocycles. The number of ether oxygens (including phenoxy) is 1. The van der Waals surface area contributed by atoms with E-state index in [1.807, 2.05) is 6.92 Å². The number of carbonyl (C=O) groups excluding carboxylic acids is 1. The molecule has 1 amide bonds. The van der Waals surface area contributed by atoms with Crippen molar-refractivity contribution in [3.8, 4) is 0 Å². The lowest BCUT2D eigenvalue weighted by atomic mass is 10.2. The lowest BCUT2D eigenvalue weighted by Gasteiger charge is -2.37. The molecule has 0 atom stereocenters. The maximum Gasteiger partial charge on any atom is 0.243 e. The van der Waals surface area contributed by atoms with Gasteiger partial charge in [0.1, 0.15) is 6.54 Å². The Hall–Kier alpha value is -0.610. The van der Waals surface area contributed by atoms with Crippen LogP contribution in [0.3, 0.4) is 0 Å². The van der Waals surface area contributed by atoms with Crippen molar-refractivity contribution in [1.29, 1.82) is 0 Å². The SMILES string of the molecule is CCOCCCNC(=NCC(=O)N(C)C)N1CCN(CC(C)C)CC1.I. The standard InChI is InChI=1S/C18H37N5O2.HI/c1-6-25-13-7-8-19-18(20-14-17(24)21(4)5)23-11-9-22(10-12-23)15-16(2)3;/h16H,6-15H2,1-5H3,(H,19,20);1H. The summed E-state index contributed by atoms with van der Waals surface area (Å²) in [6, 6.07) is 0. The monoisotopic (exact) mass is 483 g/mol. The van der Waals surface area contributed by atoms with Crippen LogP contribution in [0.1, 0.15) is 27.2 Å². The van der Waals surface area contributed by atoms with Gasteiger partial charge >= 0.3 is 0 Å². The van der Waals surface area contributed by atoms with Crippen molar-refractivity contribution in [2.24, 2.45) is 10.9 Å². The van der Waals surface area contributed by atoms with Gasteiger partial charge in [-0.3, -0.25) is 9.69 Å². The maximum absolute atomic E-state index is 11.9. The van der Waals surface area contributed by atoms with E-state index < -0.39 is 0 Å². The first-order valence-corrected chi connectivity index (χ1v) is 9.47. The molecule has 0 bridgehead atoms. The molecule has 0 radical (unpaired) electrons. The molecule has 1 aliphatic rings. The smallest absolute Gasteiger partial charge is 0.243 e. The van der Waals surface area contributed by atoms with E-state index in [0.717, 1.165) is 64.9 Å². The van der Waals surface area contributed by atoms with E-state index in [2.05, 4.69) is 34.0 Å². The molecule has 1 aliphatic heterocycles. The minimum atomic E-state index is 0. The van der Waals surface area contributed by atoms with Gasteiger partial charge in [0.2, 0.25) is 5.91 Å². The molecule has 7 nitrogen and oxygen atoms in total. The summed E-state index contributed by atoms with van der Waals surface area (Å²) in [5.41, 5.74) is 0. The third-order valence-corrected chi connectivity index (χ3v) is 4.11. The number of halogens is 1. The number of carbonyl (C=O) groups is 1. The highest BCUT2D eigenvalue weighted by Crippen LogP contribution is 2.06. The lowest BCUT2D eigenvalue weighted by molar-refractivity contribution is -0.127. The summed E-state index contributed by atoms with van der Waals surface area (Å²) in [7, 11) is 3.52. The van der Waals surface area contributed by atoms with Gasteiger partial charge in [-0.2, -0.15) is 0 Å². The van der Waals surface area contributed by atoms with Gasteiger partial charge in [-0.05, 0) is 19.3 Å².